The molecule has 1 atom stereocenters. The maximum absolute atomic E-state index is 13.4. The predicted octanol–water partition coefficient (Wildman–Crippen LogP) is 1.46. The van der Waals surface area contributed by atoms with E-state index in [1.807, 2.05) is 6.07 Å². The van der Waals surface area contributed by atoms with Crippen molar-refractivity contribution in [2.24, 2.45) is 11.7 Å². The van der Waals surface area contributed by atoms with Gasteiger partial charge in [0, 0.05) is 18.5 Å². The fourth-order valence-corrected chi connectivity index (χ4v) is 2.91. The summed E-state index contributed by atoms with van der Waals surface area (Å²) in [6.07, 6.45) is 1.04. The quantitative estimate of drug-likeness (QED) is 0.898. The molecule has 5 nitrogen and oxygen atoms in total. The third-order valence-electron chi connectivity index (χ3n) is 4.07. The Morgan fingerprint density at radius 3 is 3.00 bits per heavy atom. The highest BCUT2D eigenvalue weighted by atomic mass is 19.1. The molecule has 1 unspecified atom stereocenters. The molecule has 0 aliphatic carbocycles. The van der Waals surface area contributed by atoms with Gasteiger partial charge in [0.2, 0.25) is 0 Å². The molecule has 0 saturated carbocycles. The fraction of sp³-hybridized carbons (Fsp3) is 0.400. The number of halogens is 1. The smallest absolute Gasteiger partial charge is 0.284 e. The number of benzene rings is 1. The van der Waals surface area contributed by atoms with Gasteiger partial charge < -0.3 is 20.4 Å². The van der Waals surface area contributed by atoms with Crippen LogP contribution in [0.2, 0.25) is 0 Å². The molecule has 2 aromatic rings. The maximum Gasteiger partial charge on any atom is 0.284 e. The standard InChI is InChI=1S/C15H18FN3O2/c1-21-14-12(19-5-4-9(7-17)8-19)3-2-10-6-11(16)15(20)18-13(10)14/h2-3,6,9H,4-5,7-8,17H2,1H3,(H,18,20). The molecule has 3 rings (SSSR count). The summed E-state index contributed by atoms with van der Waals surface area (Å²) in [4.78, 5) is 16.3. The number of nitrogens with two attached hydrogens (primary N) is 1. The second-order valence-electron chi connectivity index (χ2n) is 5.36. The van der Waals surface area contributed by atoms with Gasteiger partial charge in [-0.05, 0) is 31.0 Å². The van der Waals surface area contributed by atoms with E-state index in [4.69, 9.17) is 10.5 Å². The van der Waals surface area contributed by atoms with Gasteiger partial charge in [-0.2, -0.15) is 0 Å². The van der Waals surface area contributed by atoms with Crippen molar-refractivity contribution in [1.29, 1.82) is 0 Å². The number of hydrogen-bond donors (Lipinski definition) is 2. The number of hydrogen-bond acceptors (Lipinski definition) is 4. The Hall–Kier alpha value is -2.08. The Kier molecular flexibility index (Phi) is 3.55. The van der Waals surface area contributed by atoms with Gasteiger partial charge >= 0.3 is 0 Å². The second kappa shape index (κ2) is 5.37. The molecule has 1 aromatic heterocycles. The van der Waals surface area contributed by atoms with Crippen molar-refractivity contribution in [2.45, 2.75) is 6.42 Å². The van der Waals surface area contributed by atoms with Crippen LogP contribution in [0.15, 0.2) is 23.0 Å². The van der Waals surface area contributed by atoms with E-state index in [-0.39, 0.29) is 0 Å². The Morgan fingerprint density at radius 1 is 1.52 bits per heavy atom. The predicted molar refractivity (Wildman–Crippen MR) is 80.5 cm³/mol. The molecule has 1 aliphatic rings. The average molecular weight is 291 g/mol. The van der Waals surface area contributed by atoms with Crippen molar-refractivity contribution >= 4 is 16.6 Å². The summed E-state index contributed by atoms with van der Waals surface area (Å²) in [5.41, 5.74) is 6.42. The molecule has 2 heterocycles. The van der Waals surface area contributed by atoms with Crippen LogP contribution in [-0.4, -0.2) is 31.7 Å². The number of rotatable bonds is 3. The topological polar surface area (TPSA) is 71.3 Å². The maximum atomic E-state index is 13.4. The lowest BCUT2D eigenvalue weighted by Gasteiger charge is -2.22. The second-order valence-corrected chi connectivity index (χ2v) is 5.36. The molecular weight excluding hydrogens is 273 g/mol. The minimum Gasteiger partial charge on any atom is -0.492 e. The van der Waals surface area contributed by atoms with Crippen molar-refractivity contribution in [3.8, 4) is 5.75 Å². The van der Waals surface area contributed by atoms with Gasteiger partial charge in [0.05, 0.1) is 18.3 Å². The van der Waals surface area contributed by atoms with Gasteiger partial charge in [-0.1, -0.05) is 6.07 Å². The van der Waals surface area contributed by atoms with E-state index >= 15 is 0 Å². The van der Waals surface area contributed by atoms with Gasteiger partial charge in [-0.25, -0.2) is 4.39 Å². The zero-order valence-corrected chi connectivity index (χ0v) is 11.9. The van der Waals surface area contributed by atoms with Gasteiger partial charge in [0.15, 0.2) is 11.6 Å². The molecule has 0 spiro atoms. The Morgan fingerprint density at radius 2 is 2.33 bits per heavy atom. The number of methoxy groups -OCH3 is 1. The van der Waals surface area contributed by atoms with Crippen molar-refractivity contribution in [3.05, 3.63) is 34.4 Å². The van der Waals surface area contributed by atoms with Crippen LogP contribution in [0.3, 0.4) is 0 Å². The van der Waals surface area contributed by atoms with Gasteiger partial charge in [0.25, 0.3) is 5.56 Å². The summed E-state index contributed by atoms with van der Waals surface area (Å²) >= 11 is 0. The van der Waals surface area contributed by atoms with Crippen LogP contribution in [0.1, 0.15) is 6.42 Å². The molecular formula is C15H18FN3O2. The number of H-pyrrole nitrogens is 1. The average Bonchev–Trinajstić information content (AvgIpc) is 2.96. The van der Waals surface area contributed by atoms with E-state index < -0.39 is 11.4 Å². The van der Waals surface area contributed by atoms with Crippen LogP contribution >= 0.6 is 0 Å². The number of aromatic amines is 1. The highest BCUT2D eigenvalue weighted by molar-refractivity contribution is 5.90. The van der Waals surface area contributed by atoms with E-state index in [0.29, 0.717) is 29.1 Å². The molecule has 6 heteroatoms. The summed E-state index contributed by atoms with van der Waals surface area (Å²) < 4.78 is 18.8. The van der Waals surface area contributed by atoms with Crippen LogP contribution in [0.5, 0.6) is 5.75 Å². The number of pyridine rings is 1. The number of nitrogens with one attached hydrogen (secondary N) is 1. The molecule has 112 valence electrons. The van der Waals surface area contributed by atoms with E-state index in [1.54, 1.807) is 13.2 Å². The first-order valence-electron chi connectivity index (χ1n) is 6.98. The summed E-state index contributed by atoms with van der Waals surface area (Å²) in [6.45, 7) is 2.42. The van der Waals surface area contributed by atoms with Crippen LogP contribution in [-0.2, 0) is 0 Å². The Labute approximate surface area is 121 Å². The first kappa shape index (κ1) is 13.9. The van der Waals surface area contributed by atoms with E-state index in [0.717, 1.165) is 25.2 Å². The minimum atomic E-state index is -0.790. The van der Waals surface area contributed by atoms with Gasteiger partial charge in [0.1, 0.15) is 0 Å². The Bertz CT molecular complexity index is 729. The van der Waals surface area contributed by atoms with Crippen LogP contribution in [0.25, 0.3) is 10.9 Å². The van der Waals surface area contributed by atoms with E-state index in [1.165, 1.54) is 6.07 Å². The minimum absolute atomic E-state index is 0.470. The molecule has 1 aromatic carbocycles. The van der Waals surface area contributed by atoms with Crippen LogP contribution < -0.4 is 20.9 Å². The largest absolute Gasteiger partial charge is 0.492 e. The molecule has 21 heavy (non-hydrogen) atoms. The first-order valence-corrected chi connectivity index (χ1v) is 6.98. The molecule has 0 radical (unpaired) electrons. The first-order chi connectivity index (χ1) is 10.1. The lowest BCUT2D eigenvalue weighted by atomic mass is 10.1. The third kappa shape index (κ3) is 2.35. The summed E-state index contributed by atoms with van der Waals surface area (Å²) in [6, 6.07) is 4.92. The number of ether oxygens (including phenoxy) is 1. The van der Waals surface area contributed by atoms with E-state index in [2.05, 4.69) is 9.88 Å². The van der Waals surface area contributed by atoms with Crippen molar-refractivity contribution in [3.63, 3.8) is 0 Å². The van der Waals surface area contributed by atoms with Crippen LogP contribution in [0.4, 0.5) is 10.1 Å². The molecule has 0 bridgehead atoms. The molecule has 1 fully saturated rings. The van der Waals surface area contributed by atoms with Crippen molar-refractivity contribution < 1.29 is 9.13 Å². The molecule has 3 N–H and O–H groups in total. The fourth-order valence-electron chi connectivity index (χ4n) is 2.91. The lowest BCUT2D eigenvalue weighted by molar-refractivity contribution is 0.418. The summed E-state index contributed by atoms with van der Waals surface area (Å²) in [5.74, 6) is 0.251. The SMILES string of the molecule is COc1c(N2CCC(CN)C2)ccc2cc(F)c(=O)[nH]c12. The van der Waals surface area contributed by atoms with Gasteiger partial charge in [-0.15, -0.1) is 0 Å². The molecule has 0 amide bonds. The summed E-state index contributed by atoms with van der Waals surface area (Å²) in [7, 11) is 1.55. The monoisotopic (exact) mass is 291 g/mol. The zero-order valence-electron chi connectivity index (χ0n) is 11.9. The molecule has 1 aliphatic heterocycles. The van der Waals surface area contributed by atoms with Crippen LogP contribution in [0, 0.1) is 11.7 Å². The lowest BCUT2D eigenvalue weighted by Crippen LogP contribution is -2.23. The highest BCUT2D eigenvalue weighted by Crippen LogP contribution is 2.36. The number of fused-ring (bicyclic) bond motifs is 1. The molecule has 1 saturated heterocycles. The van der Waals surface area contributed by atoms with Crippen molar-refractivity contribution in [1.82, 2.24) is 4.98 Å². The zero-order chi connectivity index (χ0) is 15.0. The number of nitrogens with zero attached hydrogens (tertiary/aromatic N) is 1. The summed E-state index contributed by atoms with van der Waals surface area (Å²) in [5, 5.41) is 0.613. The van der Waals surface area contributed by atoms with Gasteiger partial charge in [-0.3, -0.25) is 4.79 Å². The number of aromatic nitrogens is 1. The van der Waals surface area contributed by atoms with Crippen molar-refractivity contribution in [2.75, 3.05) is 31.6 Å². The third-order valence-corrected chi connectivity index (χ3v) is 4.07. The highest BCUT2D eigenvalue weighted by Gasteiger charge is 2.24. The number of anilines is 1. The van der Waals surface area contributed by atoms with E-state index in [9.17, 15) is 9.18 Å². The Balaban J connectivity index is 2.12. The normalized spacial score (nSPS) is 18.4.